The van der Waals surface area contributed by atoms with Crippen molar-refractivity contribution >= 4 is 33.1 Å². The zero-order chi connectivity index (χ0) is 22.2. The van der Waals surface area contributed by atoms with Crippen molar-refractivity contribution in [1.29, 1.82) is 0 Å². The van der Waals surface area contributed by atoms with Crippen molar-refractivity contribution in [2.45, 2.75) is 18.4 Å². The molecule has 6 heteroatoms. The summed E-state index contributed by atoms with van der Waals surface area (Å²) < 4.78 is 21.0. The molecule has 162 valence electrons. The Morgan fingerprint density at radius 1 is 1.03 bits per heavy atom. The van der Waals surface area contributed by atoms with Crippen molar-refractivity contribution in [1.82, 2.24) is 0 Å². The Balaban J connectivity index is 1.62. The van der Waals surface area contributed by atoms with Crippen molar-refractivity contribution in [3.63, 3.8) is 0 Å². The molecule has 3 aromatic rings. The van der Waals surface area contributed by atoms with E-state index >= 15 is 0 Å². The summed E-state index contributed by atoms with van der Waals surface area (Å²) in [6, 6.07) is 19.9. The predicted octanol–water partition coefficient (Wildman–Crippen LogP) is 6.43. The minimum Gasteiger partial charge on any atom is -0.497 e. The van der Waals surface area contributed by atoms with E-state index in [0.29, 0.717) is 12.0 Å². The molecule has 32 heavy (non-hydrogen) atoms. The average molecular weight is 493 g/mol. The van der Waals surface area contributed by atoms with Gasteiger partial charge in [0.1, 0.15) is 17.3 Å². The molecule has 2 aliphatic rings. The zero-order valence-electron chi connectivity index (χ0n) is 17.4. The van der Waals surface area contributed by atoms with Crippen LogP contribution in [0.5, 0.6) is 5.75 Å². The highest BCUT2D eigenvalue weighted by atomic mass is 79.9. The molecule has 0 fully saturated rings. The molecule has 0 radical (unpaired) electrons. The van der Waals surface area contributed by atoms with E-state index in [4.69, 9.17) is 4.74 Å². The summed E-state index contributed by atoms with van der Waals surface area (Å²) in [5.41, 5.74) is 4.00. The van der Waals surface area contributed by atoms with E-state index < -0.39 is 12.0 Å². The Kier molecular flexibility index (Phi) is 5.47. The van der Waals surface area contributed by atoms with E-state index in [-0.39, 0.29) is 17.5 Å². The number of rotatable bonds is 3. The zero-order valence-corrected chi connectivity index (χ0v) is 19.0. The number of benzene rings is 3. The van der Waals surface area contributed by atoms with Gasteiger partial charge in [0.2, 0.25) is 0 Å². The molecule has 0 bridgehead atoms. The third-order valence-corrected chi connectivity index (χ3v) is 6.66. The fraction of sp³-hybridized carbons (Fsp3) is 0.192. The number of hydrogen-bond donors (Lipinski definition) is 2. The van der Waals surface area contributed by atoms with E-state index in [0.717, 1.165) is 32.9 Å². The molecular weight excluding hydrogens is 471 g/mol. The van der Waals surface area contributed by atoms with E-state index in [1.54, 1.807) is 19.2 Å². The molecule has 4 nitrogen and oxygen atoms in total. The second-order valence-corrected chi connectivity index (χ2v) is 9.02. The van der Waals surface area contributed by atoms with Crippen LogP contribution in [0.3, 0.4) is 0 Å². The van der Waals surface area contributed by atoms with Crippen molar-refractivity contribution < 1.29 is 13.9 Å². The van der Waals surface area contributed by atoms with Gasteiger partial charge in [-0.05, 0) is 48.0 Å². The highest BCUT2D eigenvalue weighted by Gasteiger charge is 2.40. The molecule has 3 aromatic carbocycles. The van der Waals surface area contributed by atoms with Gasteiger partial charge in [-0.2, -0.15) is 0 Å². The number of nitrogens with one attached hydrogen (secondary N) is 2. The van der Waals surface area contributed by atoms with Crippen LogP contribution in [0, 0.1) is 11.7 Å². The Hall–Kier alpha value is -3.12. The maximum Gasteiger partial charge on any atom is 0.145 e. The lowest BCUT2D eigenvalue weighted by molar-refractivity contribution is -0.122. The molecular formula is C26H22BrFN2O2. The largest absolute Gasteiger partial charge is 0.497 e. The summed E-state index contributed by atoms with van der Waals surface area (Å²) in [6.45, 7) is 0. The third-order valence-electron chi connectivity index (χ3n) is 6.17. The molecule has 1 aliphatic heterocycles. The van der Waals surface area contributed by atoms with E-state index in [9.17, 15) is 9.18 Å². The van der Waals surface area contributed by atoms with Crippen LogP contribution in [0.15, 0.2) is 83.0 Å². The fourth-order valence-corrected chi connectivity index (χ4v) is 4.96. The molecule has 0 unspecified atom stereocenters. The number of para-hydroxylation sites is 2. The van der Waals surface area contributed by atoms with Crippen LogP contribution in [0.25, 0.3) is 0 Å². The first kappa shape index (κ1) is 20.8. The van der Waals surface area contributed by atoms with Crippen molar-refractivity contribution in [2.75, 3.05) is 17.7 Å². The topological polar surface area (TPSA) is 50.4 Å². The molecule has 1 heterocycles. The van der Waals surface area contributed by atoms with Gasteiger partial charge in [-0.15, -0.1) is 0 Å². The fourth-order valence-electron chi connectivity index (χ4n) is 4.58. The number of halogens is 2. The van der Waals surface area contributed by atoms with E-state index in [1.165, 1.54) is 6.07 Å². The second kappa shape index (κ2) is 8.43. The lowest BCUT2D eigenvalue weighted by atomic mass is 9.76. The van der Waals surface area contributed by atoms with Gasteiger partial charge in [0, 0.05) is 28.1 Å². The van der Waals surface area contributed by atoms with Crippen molar-refractivity contribution in [3.8, 4) is 5.75 Å². The Bertz CT molecular complexity index is 1210. The monoisotopic (exact) mass is 492 g/mol. The van der Waals surface area contributed by atoms with Gasteiger partial charge in [-0.3, -0.25) is 4.79 Å². The number of hydrogen-bond acceptors (Lipinski definition) is 4. The van der Waals surface area contributed by atoms with Crippen LogP contribution < -0.4 is 15.4 Å². The summed E-state index contributed by atoms with van der Waals surface area (Å²) in [4.78, 5) is 13.5. The Morgan fingerprint density at radius 2 is 1.78 bits per heavy atom. The van der Waals surface area contributed by atoms with Crippen LogP contribution in [0.4, 0.5) is 15.8 Å². The number of carbonyl (C=O) groups is 1. The summed E-state index contributed by atoms with van der Waals surface area (Å²) >= 11 is 3.45. The lowest BCUT2D eigenvalue weighted by Crippen LogP contribution is -2.34. The highest BCUT2D eigenvalue weighted by molar-refractivity contribution is 9.10. The van der Waals surface area contributed by atoms with Gasteiger partial charge in [0.25, 0.3) is 0 Å². The first-order valence-corrected chi connectivity index (χ1v) is 11.3. The first-order valence-electron chi connectivity index (χ1n) is 10.5. The summed E-state index contributed by atoms with van der Waals surface area (Å²) in [7, 11) is 1.63. The lowest BCUT2D eigenvalue weighted by Gasteiger charge is -2.32. The molecule has 5 rings (SSSR count). The van der Waals surface area contributed by atoms with Gasteiger partial charge >= 0.3 is 0 Å². The molecule has 0 saturated heterocycles. The maximum atomic E-state index is 14.9. The summed E-state index contributed by atoms with van der Waals surface area (Å²) in [5, 5.41) is 6.91. The van der Waals surface area contributed by atoms with Crippen LogP contribution in [0.1, 0.15) is 29.5 Å². The molecule has 3 atom stereocenters. The summed E-state index contributed by atoms with van der Waals surface area (Å²) in [5.74, 6) is -0.0848. The van der Waals surface area contributed by atoms with Crippen LogP contribution in [-0.4, -0.2) is 12.9 Å². The number of ether oxygens (including phenoxy) is 1. The Labute approximate surface area is 194 Å². The van der Waals surface area contributed by atoms with Crippen LogP contribution >= 0.6 is 15.9 Å². The minimum atomic E-state index is -0.529. The number of allylic oxidation sites excluding steroid dienone is 1. The number of fused-ring (bicyclic) bond motifs is 2. The average Bonchev–Trinajstić information content (AvgIpc) is 2.97. The molecule has 2 N–H and O–H groups in total. The minimum absolute atomic E-state index is 0.0644. The Morgan fingerprint density at radius 3 is 2.53 bits per heavy atom. The number of methoxy groups -OCH3 is 1. The normalized spacial score (nSPS) is 21.9. The SMILES string of the molecule is COc1ccc([C@@H]2C=C3Nc4ccccc4N[C@@H](c4cc(Br)ccc4F)[C@@H]3C(=O)C2)cc1. The van der Waals surface area contributed by atoms with Crippen molar-refractivity contribution in [3.05, 3.63) is 99.9 Å². The van der Waals surface area contributed by atoms with E-state index in [1.807, 2.05) is 48.5 Å². The number of anilines is 2. The second-order valence-electron chi connectivity index (χ2n) is 8.11. The van der Waals surface area contributed by atoms with Crippen LogP contribution in [0.2, 0.25) is 0 Å². The van der Waals surface area contributed by atoms with Gasteiger partial charge in [0.05, 0.1) is 30.4 Å². The number of ketones is 1. The number of Topliss-reactive ketones (excluding diaryl/α,β-unsaturated/α-hetero) is 1. The van der Waals surface area contributed by atoms with Crippen molar-refractivity contribution in [2.24, 2.45) is 5.92 Å². The maximum absolute atomic E-state index is 14.9. The van der Waals surface area contributed by atoms with Gasteiger partial charge < -0.3 is 15.4 Å². The third kappa shape index (κ3) is 3.79. The molecule has 0 spiro atoms. The molecule has 0 aromatic heterocycles. The number of carbonyl (C=O) groups excluding carboxylic acids is 1. The predicted molar refractivity (Wildman–Crippen MR) is 127 cm³/mol. The smallest absolute Gasteiger partial charge is 0.145 e. The molecule has 1 aliphatic carbocycles. The summed E-state index contributed by atoms with van der Waals surface area (Å²) in [6.07, 6.45) is 2.47. The van der Waals surface area contributed by atoms with E-state index in [2.05, 4.69) is 32.6 Å². The quantitative estimate of drug-likeness (QED) is 0.442. The highest BCUT2D eigenvalue weighted by Crippen LogP contribution is 2.45. The first-order chi connectivity index (χ1) is 15.5. The van der Waals surface area contributed by atoms with Gasteiger partial charge in [-0.1, -0.05) is 46.3 Å². The van der Waals surface area contributed by atoms with Crippen LogP contribution in [-0.2, 0) is 4.79 Å². The molecule has 0 saturated carbocycles. The molecule has 0 amide bonds. The standard InChI is InChI=1S/C26H22BrFN2O2/c1-32-18-9-6-15(7-10-18)16-12-23-25(24(31)13-16)26(19-14-17(27)8-11-20(19)28)30-22-5-3-2-4-21(22)29-23/h2-12,14,16,25-26,29-30H,13H2,1H3/t16-,25+,26+/m1/s1. The van der Waals surface area contributed by atoms with Gasteiger partial charge in [0.15, 0.2) is 0 Å². The van der Waals surface area contributed by atoms with Gasteiger partial charge in [-0.25, -0.2) is 4.39 Å².